The monoisotopic (exact) mass is 356 g/mol. The molecule has 2 aliphatic heterocycles. The Morgan fingerprint density at radius 3 is 3.08 bits per heavy atom. The third kappa shape index (κ3) is 3.14. The molecule has 2 aromatic rings. The molecule has 1 N–H and O–H groups in total. The van der Waals surface area contributed by atoms with Crippen LogP contribution < -0.4 is 10.1 Å². The molecule has 0 saturated carbocycles. The predicted octanol–water partition coefficient (Wildman–Crippen LogP) is 3.16. The van der Waals surface area contributed by atoms with Gasteiger partial charge in [0, 0.05) is 23.5 Å². The van der Waals surface area contributed by atoms with Crippen LogP contribution in [0.5, 0.6) is 5.75 Å². The standard InChI is InChI=1S/C19H20N2O3S/c1-12-15-7-9-25-17(15)6-8-21(12)19(23)11-24-14-3-4-16-13(10-14)2-5-18(22)20-16/h3-4,7,9-10,12H,2,5-6,8,11H2,1H3,(H,20,22). The summed E-state index contributed by atoms with van der Waals surface area (Å²) in [6.45, 7) is 2.85. The zero-order valence-electron chi connectivity index (χ0n) is 14.1. The Bertz CT molecular complexity index is 830. The van der Waals surface area contributed by atoms with Crippen LogP contribution in [-0.2, 0) is 22.4 Å². The van der Waals surface area contributed by atoms with Gasteiger partial charge in [-0.25, -0.2) is 0 Å². The van der Waals surface area contributed by atoms with Gasteiger partial charge in [-0.1, -0.05) is 0 Å². The number of aryl methyl sites for hydroxylation is 1. The number of rotatable bonds is 3. The van der Waals surface area contributed by atoms with E-state index in [0.717, 1.165) is 24.2 Å². The van der Waals surface area contributed by atoms with Crippen molar-refractivity contribution in [3.63, 3.8) is 0 Å². The smallest absolute Gasteiger partial charge is 0.261 e. The largest absolute Gasteiger partial charge is 0.484 e. The van der Waals surface area contributed by atoms with E-state index in [2.05, 4.69) is 23.7 Å². The second-order valence-corrected chi connectivity index (χ2v) is 7.47. The number of thiophene rings is 1. The molecule has 1 aromatic heterocycles. The van der Waals surface area contributed by atoms with Gasteiger partial charge in [0.25, 0.3) is 5.91 Å². The SMILES string of the molecule is CC1c2ccsc2CCN1C(=O)COc1ccc2c(c1)CCC(=O)N2. The van der Waals surface area contributed by atoms with E-state index in [-0.39, 0.29) is 24.5 Å². The Kier molecular flexibility index (Phi) is 4.21. The number of ether oxygens (including phenoxy) is 1. The first-order valence-electron chi connectivity index (χ1n) is 8.53. The Hall–Kier alpha value is -2.34. The Balaban J connectivity index is 1.40. The van der Waals surface area contributed by atoms with Crippen LogP contribution in [-0.4, -0.2) is 29.9 Å². The molecule has 4 rings (SSSR count). The minimum atomic E-state index is 0.00961. The Labute approximate surface area is 150 Å². The molecule has 0 spiro atoms. The number of fused-ring (bicyclic) bond motifs is 2. The summed E-state index contributed by atoms with van der Waals surface area (Å²) in [6, 6.07) is 7.77. The summed E-state index contributed by atoms with van der Waals surface area (Å²) in [4.78, 5) is 27.3. The summed E-state index contributed by atoms with van der Waals surface area (Å²) in [5, 5.41) is 4.94. The highest BCUT2D eigenvalue weighted by atomic mass is 32.1. The fourth-order valence-corrected chi connectivity index (χ4v) is 4.49. The molecule has 0 saturated heterocycles. The van der Waals surface area contributed by atoms with Crippen molar-refractivity contribution in [2.45, 2.75) is 32.2 Å². The average Bonchev–Trinajstić information content (AvgIpc) is 3.09. The maximum absolute atomic E-state index is 12.6. The molecule has 0 aliphatic carbocycles. The Morgan fingerprint density at radius 2 is 2.20 bits per heavy atom. The number of carbonyl (C=O) groups is 2. The van der Waals surface area contributed by atoms with E-state index in [0.29, 0.717) is 18.6 Å². The number of anilines is 1. The van der Waals surface area contributed by atoms with Crippen molar-refractivity contribution in [2.75, 3.05) is 18.5 Å². The van der Waals surface area contributed by atoms with Crippen molar-refractivity contribution >= 4 is 28.8 Å². The van der Waals surface area contributed by atoms with Crippen LogP contribution in [0.15, 0.2) is 29.6 Å². The average molecular weight is 356 g/mol. The van der Waals surface area contributed by atoms with E-state index in [1.807, 2.05) is 17.0 Å². The van der Waals surface area contributed by atoms with E-state index in [1.54, 1.807) is 17.4 Å². The van der Waals surface area contributed by atoms with Crippen molar-refractivity contribution in [1.29, 1.82) is 0 Å². The van der Waals surface area contributed by atoms with Gasteiger partial charge in [-0.2, -0.15) is 0 Å². The molecular formula is C19H20N2O3S. The van der Waals surface area contributed by atoms with Gasteiger partial charge >= 0.3 is 0 Å². The lowest BCUT2D eigenvalue weighted by atomic mass is 10.0. The number of amides is 2. The van der Waals surface area contributed by atoms with Crippen LogP contribution in [0.2, 0.25) is 0 Å². The van der Waals surface area contributed by atoms with Crippen molar-refractivity contribution in [3.8, 4) is 5.75 Å². The molecule has 3 heterocycles. The number of nitrogens with one attached hydrogen (secondary N) is 1. The number of nitrogens with zero attached hydrogens (tertiary/aromatic N) is 1. The minimum Gasteiger partial charge on any atom is -0.484 e. The zero-order valence-corrected chi connectivity index (χ0v) is 14.9. The highest BCUT2D eigenvalue weighted by Crippen LogP contribution is 2.33. The van der Waals surface area contributed by atoms with Crippen molar-refractivity contribution < 1.29 is 14.3 Å². The summed E-state index contributed by atoms with van der Waals surface area (Å²) >= 11 is 1.77. The molecule has 25 heavy (non-hydrogen) atoms. The first-order valence-corrected chi connectivity index (χ1v) is 9.41. The van der Waals surface area contributed by atoms with E-state index < -0.39 is 0 Å². The molecule has 1 aromatic carbocycles. The highest BCUT2D eigenvalue weighted by molar-refractivity contribution is 7.10. The fourth-order valence-electron chi connectivity index (χ4n) is 3.53. The van der Waals surface area contributed by atoms with Gasteiger partial charge in [0.05, 0.1) is 6.04 Å². The first kappa shape index (κ1) is 16.1. The molecule has 130 valence electrons. The molecule has 2 aliphatic rings. The predicted molar refractivity (Wildman–Crippen MR) is 97.0 cm³/mol. The number of benzene rings is 1. The second kappa shape index (κ2) is 6.52. The van der Waals surface area contributed by atoms with Gasteiger partial charge in [-0.05, 0) is 60.5 Å². The van der Waals surface area contributed by atoms with Crippen LogP contribution in [0.4, 0.5) is 5.69 Å². The number of hydrogen-bond acceptors (Lipinski definition) is 4. The van der Waals surface area contributed by atoms with Crippen molar-refractivity contribution in [2.24, 2.45) is 0 Å². The van der Waals surface area contributed by atoms with Crippen LogP contribution >= 0.6 is 11.3 Å². The second-order valence-electron chi connectivity index (χ2n) is 6.47. The molecule has 1 unspecified atom stereocenters. The fraction of sp³-hybridized carbons (Fsp3) is 0.368. The van der Waals surface area contributed by atoms with Crippen LogP contribution in [0.3, 0.4) is 0 Å². The summed E-state index contributed by atoms with van der Waals surface area (Å²) < 4.78 is 5.73. The first-order chi connectivity index (χ1) is 12.1. The topological polar surface area (TPSA) is 58.6 Å². The zero-order chi connectivity index (χ0) is 17.4. The maximum atomic E-state index is 12.6. The third-order valence-corrected chi connectivity index (χ3v) is 5.93. The van der Waals surface area contributed by atoms with E-state index in [9.17, 15) is 9.59 Å². The minimum absolute atomic E-state index is 0.00961. The van der Waals surface area contributed by atoms with E-state index >= 15 is 0 Å². The van der Waals surface area contributed by atoms with Crippen LogP contribution in [0, 0.1) is 0 Å². The van der Waals surface area contributed by atoms with Gasteiger partial charge in [0.1, 0.15) is 5.75 Å². The summed E-state index contributed by atoms with van der Waals surface area (Å²) in [7, 11) is 0. The summed E-state index contributed by atoms with van der Waals surface area (Å²) in [5.74, 6) is 0.725. The van der Waals surface area contributed by atoms with Gasteiger partial charge in [0.2, 0.25) is 5.91 Å². The van der Waals surface area contributed by atoms with Gasteiger partial charge in [0.15, 0.2) is 6.61 Å². The molecule has 6 heteroatoms. The molecule has 0 radical (unpaired) electrons. The molecule has 0 bridgehead atoms. The lowest BCUT2D eigenvalue weighted by Crippen LogP contribution is -2.40. The van der Waals surface area contributed by atoms with Gasteiger partial charge in [-0.15, -0.1) is 11.3 Å². The van der Waals surface area contributed by atoms with Crippen molar-refractivity contribution in [1.82, 2.24) is 4.90 Å². The normalized spacial score (nSPS) is 19.0. The summed E-state index contributed by atoms with van der Waals surface area (Å²) in [5.41, 5.74) is 3.15. The molecule has 2 amide bonds. The van der Waals surface area contributed by atoms with E-state index in [4.69, 9.17) is 4.74 Å². The van der Waals surface area contributed by atoms with Gasteiger partial charge < -0.3 is 15.0 Å². The number of carbonyl (C=O) groups excluding carboxylic acids is 2. The molecule has 1 atom stereocenters. The van der Waals surface area contributed by atoms with Crippen molar-refractivity contribution in [3.05, 3.63) is 45.6 Å². The maximum Gasteiger partial charge on any atom is 0.261 e. The molecule has 0 fully saturated rings. The van der Waals surface area contributed by atoms with Crippen LogP contribution in [0.1, 0.15) is 35.4 Å². The Morgan fingerprint density at radius 1 is 1.32 bits per heavy atom. The van der Waals surface area contributed by atoms with Gasteiger partial charge in [-0.3, -0.25) is 9.59 Å². The molecule has 5 nitrogen and oxygen atoms in total. The summed E-state index contributed by atoms with van der Waals surface area (Å²) in [6.07, 6.45) is 2.11. The lowest BCUT2D eigenvalue weighted by molar-refractivity contribution is -0.135. The quantitative estimate of drug-likeness (QED) is 0.919. The third-order valence-electron chi connectivity index (χ3n) is 4.93. The lowest BCUT2D eigenvalue weighted by Gasteiger charge is -2.33. The number of hydrogen-bond donors (Lipinski definition) is 1. The van der Waals surface area contributed by atoms with Crippen LogP contribution in [0.25, 0.3) is 0 Å². The van der Waals surface area contributed by atoms with E-state index in [1.165, 1.54) is 10.4 Å². The molecular weight excluding hydrogens is 336 g/mol. The highest BCUT2D eigenvalue weighted by Gasteiger charge is 2.28.